The second-order valence-corrected chi connectivity index (χ2v) is 4.71. The van der Waals surface area contributed by atoms with E-state index in [2.05, 4.69) is 50.2 Å². The molecule has 1 unspecified atom stereocenters. The molecule has 0 aromatic heterocycles. The summed E-state index contributed by atoms with van der Waals surface area (Å²) in [5.41, 5.74) is 2.57. The van der Waals surface area contributed by atoms with Gasteiger partial charge in [-0.25, -0.2) is 0 Å². The van der Waals surface area contributed by atoms with E-state index in [4.69, 9.17) is 5.11 Å². The number of aliphatic hydroxyl groups is 1. The maximum Gasteiger partial charge on any atom is 0.103 e. The smallest absolute Gasteiger partial charge is 0.103 e. The predicted molar refractivity (Wildman–Crippen MR) is 72.5 cm³/mol. The van der Waals surface area contributed by atoms with Crippen molar-refractivity contribution in [3.8, 4) is 0 Å². The van der Waals surface area contributed by atoms with E-state index in [1.165, 1.54) is 16.2 Å². The molecule has 1 aromatic carbocycles. The Hall–Kier alpha value is -1.06. The number of nitrogens with zero attached hydrogens (tertiary/aromatic N) is 1. The number of rotatable bonds is 7. The van der Waals surface area contributed by atoms with Crippen molar-refractivity contribution < 1.29 is 10.0 Å². The van der Waals surface area contributed by atoms with E-state index in [1.54, 1.807) is 0 Å². The summed E-state index contributed by atoms with van der Waals surface area (Å²) in [6.07, 6.45) is 1.16. The second kappa shape index (κ2) is 7.30. The lowest BCUT2D eigenvalue weighted by atomic mass is 10.2. The molecule has 0 heterocycles. The van der Waals surface area contributed by atoms with Crippen molar-refractivity contribution in [2.45, 2.75) is 19.9 Å². The van der Waals surface area contributed by atoms with Gasteiger partial charge in [0, 0.05) is 25.3 Å². The average Bonchev–Trinajstić information content (AvgIpc) is 2.30. The van der Waals surface area contributed by atoms with E-state index in [0.29, 0.717) is 0 Å². The second-order valence-electron chi connectivity index (χ2n) is 4.71. The lowest BCUT2D eigenvalue weighted by Gasteiger charge is -2.18. The molecule has 0 spiro atoms. The van der Waals surface area contributed by atoms with Crippen LogP contribution in [0.25, 0.3) is 0 Å². The molecule has 0 bridgehead atoms. The summed E-state index contributed by atoms with van der Waals surface area (Å²) in [7, 11) is 4.10. The molecule has 0 fully saturated rings. The summed E-state index contributed by atoms with van der Waals surface area (Å²) >= 11 is 0. The van der Waals surface area contributed by atoms with Crippen LogP contribution in [-0.2, 0) is 6.54 Å². The fourth-order valence-electron chi connectivity index (χ4n) is 2.01. The lowest BCUT2D eigenvalue weighted by Crippen LogP contribution is -3.11. The van der Waals surface area contributed by atoms with Gasteiger partial charge in [-0.2, -0.15) is 0 Å². The Kier molecular flexibility index (Phi) is 6.01. The first-order valence-corrected chi connectivity index (χ1v) is 6.38. The third kappa shape index (κ3) is 4.75. The summed E-state index contributed by atoms with van der Waals surface area (Å²) in [5, 5.41) is 9.03. The van der Waals surface area contributed by atoms with E-state index in [-0.39, 0.29) is 6.61 Å². The molecular weight excluding hydrogens is 212 g/mol. The Bertz CT molecular complexity index is 303. The molecular formula is C14H25N2O+. The summed E-state index contributed by atoms with van der Waals surface area (Å²) < 4.78 is 0. The molecule has 0 saturated carbocycles. The summed E-state index contributed by atoms with van der Waals surface area (Å²) in [6, 6.07) is 8.67. The van der Waals surface area contributed by atoms with Crippen LogP contribution in [-0.4, -0.2) is 38.9 Å². The molecule has 0 aliphatic heterocycles. The third-order valence-corrected chi connectivity index (χ3v) is 2.98. The highest BCUT2D eigenvalue weighted by atomic mass is 16.3. The first-order valence-electron chi connectivity index (χ1n) is 6.38. The van der Waals surface area contributed by atoms with Crippen molar-refractivity contribution in [3.05, 3.63) is 29.8 Å². The minimum absolute atomic E-state index is 0.269. The normalized spacial score (nSPS) is 12.5. The fraction of sp³-hybridized carbons (Fsp3) is 0.571. The van der Waals surface area contributed by atoms with Crippen LogP contribution < -0.4 is 9.80 Å². The van der Waals surface area contributed by atoms with Crippen LogP contribution in [0.5, 0.6) is 0 Å². The molecule has 0 aliphatic carbocycles. The third-order valence-electron chi connectivity index (χ3n) is 2.98. The lowest BCUT2D eigenvalue weighted by molar-refractivity contribution is -0.914. The van der Waals surface area contributed by atoms with E-state index < -0.39 is 0 Å². The van der Waals surface area contributed by atoms with E-state index >= 15 is 0 Å². The Morgan fingerprint density at radius 3 is 2.24 bits per heavy atom. The minimum atomic E-state index is 0.269. The van der Waals surface area contributed by atoms with Crippen LogP contribution >= 0.6 is 0 Å². The highest BCUT2D eigenvalue weighted by Crippen LogP contribution is 2.11. The van der Waals surface area contributed by atoms with Gasteiger partial charge in [-0.15, -0.1) is 0 Å². The highest BCUT2D eigenvalue weighted by molar-refractivity contribution is 5.45. The molecule has 1 rings (SSSR count). The zero-order valence-corrected chi connectivity index (χ0v) is 11.2. The number of benzene rings is 1. The maximum atomic E-state index is 9.03. The van der Waals surface area contributed by atoms with Crippen molar-refractivity contribution in [1.29, 1.82) is 0 Å². The topological polar surface area (TPSA) is 27.9 Å². The van der Waals surface area contributed by atoms with Crippen LogP contribution in [0.3, 0.4) is 0 Å². The van der Waals surface area contributed by atoms with Gasteiger partial charge >= 0.3 is 0 Å². The van der Waals surface area contributed by atoms with E-state index in [0.717, 1.165) is 26.1 Å². The quantitative estimate of drug-likeness (QED) is 0.724. The van der Waals surface area contributed by atoms with E-state index in [9.17, 15) is 0 Å². The van der Waals surface area contributed by atoms with Crippen LogP contribution in [0.2, 0.25) is 0 Å². The highest BCUT2D eigenvalue weighted by Gasteiger charge is 2.07. The first-order chi connectivity index (χ1) is 8.17. The van der Waals surface area contributed by atoms with Gasteiger partial charge in [0.2, 0.25) is 0 Å². The molecule has 0 amide bonds. The Morgan fingerprint density at radius 1 is 1.12 bits per heavy atom. The Labute approximate surface area is 105 Å². The van der Waals surface area contributed by atoms with Crippen molar-refractivity contribution in [2.24, 2.45) is 0 Å². The molecule has 0 aliphatic rings. The maximum absolute atomic E-state index is 9.03. The zero-order valence-electron chi connectivity index (χ0n) is 11.2. The van der Waals surface area contributed by atoms with Gasteiger partial charge in [0.05, 0.1) is 13.2 Å². The molecule has 1 atom stereocenters. The van der Waals surface area contributed by atoms with Crippen LogP contribution in [0.15, 0.2) is 24.3 Å². The van der Waals surface area contributed by atoms with Crippen molar-refractivity contribution >= 4 is 5.69 Å². The van der Waals surface area contributed by atoms with Gasteiger partial charge in [-0.05, 0) is 18.6 Å². The van der Waals surface area contributed by atoms with Gasteiger partial charge in [0.15, 0.2) is 0 Å². The number of quaternary nitrogens is 1. The first kappa shape index (κ1) is 14.0. The summed E-state index contributed by atoms with van der Waals surface area (Å²) in [4.78, 5) is 3.56. The van der Waals surface area contributed by atoms with Crippen LogP contribution in [0.4, 0.5) is 5.69 Å². The molecule has 1 aromatic rings. The monoisotopic (exact) mass is 237 g/mol. The molecule has 3 heteroatoms. The number of nitrogens with one attached hydrogen (secondary N) is 1. The number of hydrogen-bond donors (Lipinski definition) is 2. The van der Waals surface area contributed by atoms with Crippen LogP contribution in [0.1, 0.15) is 18.9 Å². The molecule has 0 saturated heterocycles. The number of hydrogen-bond acceptors (Lipinski definition) is 2. The van der Waals surface area contributed by atoms with Crippen molar-refractivity contribution in [3.63, 3.8) is 0 Å². The van der Waals surface area contributed by atoms with Gasteiger partial charge in [-0.3, -0.25) is 0 Å². The summed E-state index contributed by atoms with van der Waals surface area (Å²) in [5.74, 6) is 0. The van der Waals surface area contributed by atoms with Crippen molar-refractivity contribution in [2.75, 3.05) is 38.7 Å². The Balaban J connectivity index is 2.59. The molecule has 3 nitrogen and oxygen atoms in total. The Morgan fingerprint density at radius 2 is 1.76 bits per heavy atom. The van der Waals surface area contributed by atoms with Gasteiger partial charge < -0.3 is 14.9 Å². The van der Waals surface area contributed by atoms with Gasteiger partial charge in [0.1, 0.15) is 13.1 Å². The van der Waals surface area contributed by atoms with Gasteiger partial charge in [0.25, 0.3) is 0 Å². The zero-order chi connectivity index (χ0) is 12.7. The number of aliphatic hydroxyl groups excluding tert-OH is 1. The van der Waals surface area contributed by atoms with E-state index in [1.807, 2.05) is 0 Å². The molecule has 2 N–H and O–H groups in total. The SMILES string of the molecule is CCC[NH+](CCO)Cc1ccc(N(C)C)cc1. The van der Waals surface area contributed by atoms with Crippen LogP contribution in [0, 0.1) is 0 Å². The molecule has 96 valence electrons. The molecule has 0 radical (unpaired) electrons. The minimum Gasteiger partial charge on any atom is -0.391 e. The average molecular weight is 237 g/mol. The summed E-state index contributed by atoms with van der Waals surface area (Å²) in [6.45, 7) is 5.42. The van der Waals surface area contributed by atoms with Crippen molar-refractivity contribution in [1.82, 2.24) is 0 Å². The largest absolute Gasteiger partial charge is 0.391 e. The fourth-order valence-corrected chi connectivity index (χ4v) is 2.01. The number of anilines is 1. The van der Waals surface area contributed by atoms with Gasteiger partial charge in [-0.1, -0.05) is 19.1 Å². The molecule has 17 heavy (non-hydrogen) atoms. The standard InChI is InChI=1S/C14H24N2O/c1-4-9-16(10-11-17)12-13-5-7-14(8-6-13)15(2)3/h5-8,17H,4,9-12H2,1-3H3/p+1. The predicted octanol–water partition coefficient (Wildman–Crippen LogP) is 0.540.